The number of nitrogens with one attached hydrogen (secondary N) is 2. The quantitative estimate of drug-likeness (QED) is 0.392. The molecule has 1 aromatic rings. The molecule has 0 bridgehead atoms. The van der Waals surface area contributed by atoms with Crippen LogP contribution in [0.3, 0.4) is 0 Å². The standard InChI is InChI=1S/C17H31N5O/c1-5-18-17(19-11-8-12-23-4)21-14-15-9-10-16(20-13-15)22(6-2)7-3/h9-10,13H,5-8,11-12,14H2,1-4H3,(H2,18,19,21). The molecule has 6 nitrogen and oxygen atoms in total. The number of ether oxygens (including phenoxy) is 1. The predicted molar refractivity (Wildman–Crippen MR) is 97.1 cm³/mol. The predicted octanol–water partition coefficient (Wildman–Crippen LogP) is 2.02. The number of nitrogens with zero attached hydrogens (tertiary/aromatic N) is 3. The first-order valence-corrected chi connectivity index (χ1v) is 8.46. The molecule has 0 aliphatic carbocycles. The Balaban J connectivity index is 2.57. The monoisotopic (exact) mass is 321 g/mol. The van der Waals surface area contributed by atoms with Gasteiger partial charge in [0.2, 0.25) is 0 Å². The number of pyridine rings is 1. The summed E-state index contributed by atoms with van der Waals surface area (Å²) < 4.78 is 5.05. The second kappa shape index (κ2) is 11.7. The van der Waals surface area contributed by atoms with Gasteiger partial charge in [0.1, 0.15) is 5.82 Å². The first kappa shape index (κ1) is 19.2. The molecule has 130 valence electrons. The fourth-order valence-corrected chi connectivity index (χ4v) is 2.18. The van der Waals surface area contributed by atoms with Crippen molar-refractivity contribution in [1.29, 1.82) is 0 Å². The van der Waals surface area contributed by atoms with Crippen molar-refractivity contribution in [3.63, 3.8) is 0 Å². The Morgan fingerprint density at radius 1 is 1.22 bits per heavy atom. The third kappa shape index (κ3) is 7.32. The largest absolute Gasteiger partial charge is 0.385 e. The summed E-state index contributed by atoms with van der Waals surface area (Å²) in [6.07, 6.45) is 2.87. The van der Waals surface area contributed by atoms with Crippen molar-refractivity contribution in [1.82, 2.24) is 15.6 Å². The van der Waals surface area contributed by atoms with Crippen molar-refractivity contribution in [2.45, 2.75) is 33.7 Å². The SMILES string of the molecule is CCNC(=NCc1ccc(N(CC)CC)nc1)NCCCOC. The van der Waals surface area contributed by atoms with Crippen LogP contribution in [0, 0.1) is 0 Å². The highest BCUT2D eigenvalue weighted by atomic mass is 16.5. The average Bonchev–Trinajstić information content (AvgIpc) is 2.58. The van der Waals surface area contributed by atoms with E-state index >= 15 is 0 Å². The van der Waals surface area contributed by atoms with E-state index in [9.17, 15) is 0 Å². The van der Waals surface area contributed by atoms with E-state index in [2.05, 4.69) is 58.4 Å². The molecule has 0 spiro atoms. The first-order valence-electron chi connectivity index (χ1n) is 8.46. The van der Waals surface area contributed by atoms with Gasteiger partial charge in [-0.3, -0.25) is 0 Å². The fraction of sp³-hybridized carbons (Fsp3) is 0.647. The summed E-state index contributed by atoms with van der Waals surface area (Å²) in [6.45, 7) is 11.3. The highest BCUT2D eigenvalue weighted by Crippen LogP contribution is 2.11. The molecule has 2 N–H and O–H groups in total. The van der Waals surface area contributed by atoms with E-state index in [0.717, 1.165) is 56.5 Å². The fourth-order valence-electron chi connectivity index (χ4n) is 2.18. The summed E-state index contributed by atoms with van der Waals surface area (Å²) in [5, 5.41) is 6.55. The molecule has 0 amide bonds. The molecule has 0 atom stereocenters. The zero-order valence-electron chi connectivity index (χ0n) is 14.9. The average molecular weight is 321 g/mol. The Hall–Kier alpha value is -1.82. The summed E-state index contributed by atoms with van der Waals surface area (Å²) in [5.41, 5.74) is 1.11. The molecule has 23 heavy (non-hydrogen) atoms. The molecule has 0 saturated carbocycles. The molecular weight excluding hydrogens is 290 g/mol. The zero-order chi connectivity index (χ0) is 16.9. The van der Waals surface area contributed by atoms with Gasteiger partial charge in [-0.05, 0) is 38.8 Å². The Morgan fingerprint density at radius 2 is 2.00 bits per heavy atom. The molecule has 0 aromatic carbocycles. The van der Waals surface area contributed by atoms with E-state index in [-0.39, 0.29) is 0 Å². The lowest BCUT2D eigenvalue weighted by Crippen LogP contribution is -2.38. The van der Waals surface area contributed by atoms with Gasteiger partial charge in [-0.15, -0.1) is 0 Å². The number of aliphatic imine (C=N–C) groups is 1. The molecule has 0 saturated heterocycles. The second-order valence-corrected chi connectivity index (χ2v) is 5.17. The number of hydrogen-bond acceptors (Lipinski definition) is 4. The van der Waals surface area contributed by atoms with Crippen molar-refractivity contribution < 1.29 is 4.74 Å². The van der Waals surface area contributed by atoms with Gasteiger partial charge in [-0.1, -0.05) is 6.07 Å². The molecule has 0 unspecified atom stereocenters. The van der Waals surface area contributed by atoms with Crippen molar-refractivity contribution >= 4 is 11.8 Å². The number of rotatable bonds is 10. The maximum absolute atomic E-state index is 5.05. The molecule has 1 heterocycles. The number of aromatic nitrogens is 1. The van der Waals surface area contributed by atoms with E-state index in [1.54, 1.807) is 7.11 Å². The minimum absolute atomic E-state index is 0.616. The lowest BCUT2D eigenvalue weighted by molar-refractivity contribution is 0.195. The van der Waals surface area contributed by atoms with Crippen molar-refractivity contribution in [2.24, 2.45) is 4.99 Å². The van der Waals surface area contributed by atoms with Crippen LogP contribution in [0.5, 0.6) is 0 Å². The van der Waals surface area contributed by atoms with Crippen LogP contribution in [-0.4, -0.2) is 50.8 Å². The van der Waals surface area contributed by atoms with E-state index in [4.69, 9.17) is 4.74 Å². The van der Waals surface area contributed by atoms with Crippen LogP contribution in [0.25, 0.3) is 0 Å². The van der Waals surface area contributed by atoms with Gasteiger partial charge in [0.05, 0.1) is 6.54 Å². The topological polar surface area (TPSA) is 61.8 Å². The molecule has 0 aliphatic rings. The van der Waals surface area contributed by atoms with Crippen LogP contribution >= 0.6 is 0 Å². The first-order chi connectivity index (χ1) is 11.2. The summed E-state index contributed by atoms with van der Waals surface area (Å²) >= 11 is 0. The Morgan fingerprint density at radius 3 is 2.57 bits per heavy atom. The lowest BCUT2D eigenvalue weighted by atomic mass is 10.3. The molecule has 0 fully saturated rings. The molecule has 6 heteroatoms. The highest BCUT2D eigenvalue weighted by molar-refractivity contribution is 5.79. The Kier molecular flexibility index (Phi) is 9.79. The smallest absolute Gasteiger partial charge is 0.191 e. The number of methoxy groups -OCH3 is 1. The van der Waals surface area contributed by atoms with Gasteiger partial charge in [0, 0.05) is 46.1 Å². The summed E-state index contributed by atoms with van der Waals surface area (Å²) in [7, 11) is 1.72. The van der Waals surface area contributed by atoms with Crippen LogP contribution in [0.4, 0.5) is 5.82 Å². The van der Waals surface area contributed by atoms with E-state index in [1.165, 1.54) is 0 Å². The minimum Gasteiger partial charge on any atom is -0.385 e. The maximum Gasteiger partial charge on any atom is 0.191 e. The van der Waals surface area contributed by atoms with E-state index in [1.807, 2.05) is 6.20 Å². The Labute approximate surface area is 140 Å². The van der Waals surface area contributed by atoms with Crippen molar-refractivity contribution in [3.8, 4) is 0 Å². The van der Waals surface area contributed by atoms with Gasteiger partial charge >= 0.3 is 0 Å². The normalized spacial score (nSPS) is 11.4. The van der Waals surface area contributed by atoms with Gasteiger partial charge < -0.3 is 20.3 Å². The summed E-state index contributed by atoms with van der Waals surface area (Å²) in [4.78, 5) is 11.4. The number of hydrogen-bond donors (Lipinski definition) is 2. The number of guanidine groups is 1. The van der Waals surface area contributed by atoms with Crippen LogP contribution in [0.2, 0.25) is 0 Å². The van der Waals surface area contributed by atoms with Gasteiger partial charge in [-0.25, -0.2) is 9.98 Å². The van der Waals surface area contributed by atoms with Crippen LogP contribution in [0.1, 0.15) is 32.8 Å². The molecule has 0 radical (unpaired) electrons. The zero-order valence-corrected chi connectivity index (χ0v) is 14.9. The maximum atomic E-state index is 5.05. The third-order valence-corrected chi connectivity index (χ3v) is 3.48. The summed E-state index contributed by atoms with van der Waals surface area (Å²) in [6, 6.07) is 4.16. The molecular formula is C17H31N5O. The van der Waals surface area contributed by atoms with Crippen LogP contribution in [0.15, 0.2) is 23.3 Å². The van der Waals surface area contributed by atoms with Crippen molar-refractivity contribution in [2.75, 3.05) is 44.8 Å². The number of anilines is 1. The molecule has 1 rings (SSSR count). The van der Waals surface area contributed by atoms with Gasteiger partial charge in [0.15, 0.2) is 5.96 Å². The van der Waals surface area contributed by atoms with E-state index in [0.29, 0.717) is 6.54 Å². The van der Waals surface area contributed by atoms with Gasteiger partial charge in [0.25, 0.3) is 0 Å². The molecule has 0 aliphatic heterocycles. The Bertz CT molecular complexity index is 443. The second-order valence-electron chi connectivity index (χ2n) is 5.17. The lowest BCUT2D eigenvalue weighted by Gasteiger charge is -2.19. The van der Waals surface area contributed by atoms with Crippen LogP contribution in [-0.2, 0) is 11.3 Å². The van der Waals surface area contributed by atoms with Crippen LogP contribution < -0.4 is 15.5 Å². The summed E-state index contributed by atoms with van der Waals surface area (Å²) in [5.74, 6) is 1.85. The minimum atomic E-state index is 0.616. The highest BCUT2D eigenvalue weighted by Gasteiger charge is 2.03. The van der Waals surface area contributed by atoms with Crippen molar-refractivity contribution in [3.05, 3.63) is 23.9 Å². The molecule has 1 aromatic heterocycles. The van der Waals surface area contributed by atoms with E-state index < -0.39 is 0 Å². The third-order valence-electron chi connectivity index (χ3n) is 3.48. The van der Waals surface area contributed by atoms with Gasteiger partial charge in [-0.2, -0.15) is 0 Å².